The van der Waals surface area contributed by atoms with Crippen LogP contribution in [-0.2, 0) is 13.0 Å². The molecule has 0 aliphatic carbocycles. The number of imidazole rings is 1. The Bertz CT molecular complexity index is 537. The highest BCUT2D eigenvalue weighted by Crippen LogP contribution is 2.18. The van der Waals surface area contributed by atoms with E-state index in [4.69, 9.17) is 17.3 Å². The van der Waals surface area contributed by atoms with Gasteiger partial charge in [0.1, 0.15) is 5.82 Å². The number of nitrogens with two attached hydrogens (primary N) is 1. The quantitative estimate of drug-likeness (QED) is 0.925. The molecule has 18 heavy (non-hydrogen) atoms. The normalized spacial score (nSPS) is 12.7. The van der Waals surface area contributed by atoms with Gasteiger partial charge < -0.3 is 10.3 Å². The summed E-state index contributed by atoms with van der Waals surface area (Å²) in [6, 6.07) is 4.42. The van der Waals surface area contributed by atoms with Crippen molar-refractivity contribution >= 4 is 11.6 Å². The van der Waals surface area contributed by atoms with Gasteiger partial charge in [0, 0.05) is 23.7 Å². The van der Waals surface area contributed by atoms with Gasteiger partial charge in [-0.3, -0.25) is 0 Å². The van der Waals surface area contributed by atoms with Crippen LogP contribution in [0.25, 0.3) is 0 Å². The first-order chi connectivity index (χ1) is 8.54. The van der Waals surface area contributed by atoms with Gasteiger partial charge in [0.2, 0.25) is 0 Å². The zero-order valence-corrected chi connectivity index (χ0v) is 10.9. The number of nitrogens with zero attached hydrogens (tertiary/aromatic N) is 2. The van der Waals surface area contributed by atoms with Gasteiger partial charge in [0.25, 0.3) is 0 Å². The summed E-state index contributed by atoms with van der Waals surface area (Å²) < 4.78 is 15.0. The van der Waals surface area contributed by atoms with Crippen LogP contribution >= 0.6 is 11.6 Å². The Balaban J connectivity index is 2.13. The van der Waals surface area contributed by atoms with E-state index < -0.39 is 0 Å². The number of halogens is 2. The lowest BCUT2D eigenvalue weighted by molar-refractivity contribution is 0.623. The molecule has 3 nitrogen and oxygen atoms in total. The van der Waals surface area contributed by atoms with Gasteiger partial charge in [-0.25, -0.2) is 9.37 Å². The van der Waals surface area contributed by atoms with E-state index in [2.05, 4.69) is 4.98 Å². The number of rotatable bonds is 4. The SMILES string of the molecule is CC(N)Cc1cn(Cc2cc(F)ccc2Cl)cn1. The second-order valence-electron chi connectivity index (χ2n) is 4.45. The summed E-state index contributed by atoms with van der Waals surface area (Å²) in [5.74, 6) is -0.287. The minimum absolute atomic E-state index is 0.0751. The first kappa shape index (κ1) is 13.1. The maximum Gasteiger partial charge on any atom is 0.123 e. The number of benzene rings is 1. The molecule has 0 amide bonds. The van der Waals surface area contributed by atoms with Gasteiger partial charge in [-0.15, -0.1) is 0 Å². The second-order valence-corrected chi connectivity index (χ2v) is 4.86. The van der Waals surface area contributed by atoms with Gasteiger partial charge in [-0.2, -0.15) is 0 Å². The molecule has 96 valence electrons. The van der Waals surface area contributed by atoms with Crippen molar-refractivity contribution in [3.8, 4) is 0 Å². The molecule has 2 N–H and O–H groups in total. The lowest BCUT2D eigenvalue weighted by Gasteiger charge is -2.05. The molecule has 1 aromatic carbocycles. The standard InChI is InChI=1S/C13H15ClFN3/c1-9(16)4-12-7-18(8-17-12)6-10-5-11(15)2-3-13(10)14/h2-3,5,7-9H,4,6,16H2,1H3. The molecular weight excluding hydrogens is 253 g/mol. The van der Waals surface area contributed by atoms with Crippen molar-refractivity contribution in [1.82, 2.24) is 9.55 Å². The lowest BCUT2D eigenvalue weighted by atomic mass is 10.2. The van der Waals surface area contributed by atoms with E-state index in [-0.39, 0.29) is 11.9 Å². The van der Waals surface area contributed by atoms with E-state index in [1.54, 1.807) is 12.4 Å². The van der Waals surface area contributed by atoms with Gasteiger partial charge in [-0.05, 0) is 30.7 Å². The number of hydrogen-bond donors (Lipinski definition) is 1. The average molecular weight is 268 g/mol. The monoisotopic (exact) mass is 267 g/mol. The summed E-state index contributed by atoms with van der Waals surface area (Å²) in [4.78, 5) is 4.25. The highest BCUT2D eigenvalue weighted by atomic mass is 35.5. The molecule has 0 spiro atoms. The van der Waals surface area contributed by atoms with Gasteiger partial charge >= 0.3 is 0 Å². The summed E-state index contributed by atoms with van der Waals surface area (Å²) in [7, 11) is 0. The smallest absolute Gasteiger partial charge is 0.123 e. The fourth-order valence-corrected chi connectivity index (χ4v) is 1.97. The van der Waals surface area contributed by atoms with E-state index in [9.17, 15) is 4.39 Å². The zero-order valence-electron chi connectivity index (χ0n) is 10.1. The van der Waals surface area contributed by atoms with Gasteiger partial charge in [-0.1, -0.05) is 11.6 Å². The predicted molar refractivity (Wildman–Crippen MR) is 70.1 cm³/mol. The van der Waals surface area contributed by atoms with Crippen LogP contribution < -0.4 is 5.73 Å². The fourth-order valence-electron chi connectivity index (χ4n) is 1.79. The Morgan fingerprint density at radius 3 is 3.00 bits per heavy atom. The van der Waals surface area contributed by atoms with Crippen molar-refractivity contribution in [2.75, 3.05) is 0 Å². The minimum Gasteiger partial charge on any atom is -0.333 e. The first-order valence-corrected chi connectivity index (χ1v) is 6.12. The van der Waals surface area contributed by atoms with E-state index in [1.165, 1.54) is 12.1 Å². The summed E-state index contributed by atoms with van der Waals surface area (Å²) in [6.45, 7) is 2.44. The molecule has 1 heterocycles. The largest absolute Gasteiger partial charge is 0.333 e. The van der Waals surface area contributed by atoms with Gasteiger partial charge in [0.05, 0.1) is 18.6 Å². The molecule has 1 unspecified atom stereocenters. The van der Waals surface area contributed by atoms with Crippen LogP contribution in [-0.4, -0.2) is 15.6 Å². The second kappa shape index (κ2) is 5.50. The average Bonchev–Trinajstić information content (AvgIpc) is 2.70. The Hall–Kier alpha value is -1.39. The third-order valence-corrected chi connectivity index (χ3v) is 2.95. The number of hydrogen-bond acceptors (Lipinski definition) is 2. The van der Waals surface area contributed by atoms with Crippen LogP contribution in [0.3, 0.4) is 0 Å². The van der Waals surface area contributed by atoms with Crippen LogP contribution in [0.2, 0.25) is 5.02 Å². The van der Waals surface area contributed by atoms with Crippen molar-refractivity contribution in [3.63, 3.8) is 0 Å². The highest BCUT2D eigenvalue weighted by molar-refractivity contribution is 6.31. The third kappa shape index (κ3) is 3.31. The molecule has 0 saturated heterocycles. The number of aromatic nitrogens is 2. The van der Waals surface area contributed by atoms with Crippen molar-refractivity contribution in [2.24, 2.45) is 5.73 Å². The first-order valence-electron chi connectivity index (χ1n) is 5.75. The van der Waals surface area contributed by atoms with E-state index in [1.807, 2.05) is 17.7 Å². The maximum atomic E-state index is 13.1. The molecular formula is C13H15ClFN3. The molecule has 0 fully saturated rings. The molecule has 1 aromatic heterocycles. The Morgan fingerprint density at radius 2 is 2.28 bits per heavy atom. The molecule has 2 aromatic rings. The molecule has 1 atom stereocenters. The third-order valence-electron chi connectivity index (χ3n) is 2.58. The Kier molecular flexibility index (Phi) is 3.99. The molecule has 5 heteroatoms. The van der Waals surface area contributed by atoms with Crippen molar-refractivity contribution < 1.29 is 4.39 Å². The molecule has 2 rings (SSSR count). The van der Waals surface area contributed by atoms with Crippen LogP contribution in [0.1, 0.15) is 18.2 Å². The van der Waals surface area contributed by atoms with Crippen LogP contribution in [0, 0.1) is 5.82 Å². The molecule has 0 bridgehead atoms. The van der Waals surface area contributed by atoms with E-state index in [0.29, 0.717) is 11.6 Å². The highest BCUT2D eigenvalue weighted by Gasteiger charge is 2.06. The van der Waals surface area contributed by atoms with Crippen molar-refractivity contribution in [2.45, 2.75) is 25.9 Å². The zero-order chi connectivity index (χ0) is 13.1. The molecule has 0 radical (unpaired) electrons. The van der Waals surface area contributed by atoms with E-state index >= 15 is 0 Å². The minimum atomic E-state index is -0.287. The summed E-state index contributed by atoms with van der Waals surface area (Å²) in [5.41, 5.74) is 7.38. The topological polar surface area (TPSA) is 43.8 Å². The molecule has 0 aliphatic rings. The predicted octanol–water partition coefficient (Wildman–Crippen LogP) is 2.61. The van der Waals surface area contributed by atoms with Crippen LogP contribution in [0.4, 0.5) is 4.39 Å². The summed E-state index contributed by atoms with van der Waals surface area (Å²) in [5, 5.41) is 0.554. The van der Waals surface area contributed by atoms with Crippen molar-refractivity contribution in [3.05, 3.63) is 52.8 Å². The van der Waals surface area contributed by atoms with Crippen molar-refractivity contribution in [1.29, 1.82) is 0 Å². The molecule has 0 saturated carbocycles. The molecule has 0 aliphatic heterocycles. The Labute approximate surface area is 110 Å². The van der Waals surface area contributed by atoms with Crippen LogP contribution in [0.15, 0.2) is 30.7 Å². The van der Waals surface area contributed by atoms with E-state index in [0.717, 1.165) is 17.7 Å². The maximum absolute atomic E-state index is 13.1. The fraction of sp³-hybridized carbons (Fsp3) is 0.308. The van der Waals surface area contributed by atoms with Crippen LogP contribution in [0.5, 0.6) is 0 Å². The summed E-state index contributed by atoms with van der Waals surface area (Å²) in [6.07, 6.45) is 4.34. The summed E-state index contributed by atoms with van der Waals surface area (Å²) >= 11 is 6.02. The lowest BCUT2D eigenvalue weighted by Crippen LogP contribution is -2.17. The van der Waals surface area contributed by atoms with Gasteiger partial charge in [0.15, 0.2) is 0 Å². The Morgan fingerprint density at radius 1 is 1.50 bits per heavy atom.